The Morgan fingerprint density at radius 1 is 1.19 bits per heavy atom. The van der Waals surface area contributed by atoms with E-state index in [-0.39, 0.29) is 18.2 Å². The molecular formula is C16H16ClF2NO. The van der Waals surface area contributed by atoms with Crippen LogP contribution in [0.15, 0.2) is 36.4 Å². The van der Waals surface area contributed by atoms with Crippen LogP contribution in [0.4, 0.5) is 8.78 Å². The zero-order chi connectivity index (χ0) is 15.4. The molecule has 0 aromatic heterocycles. The summed E-state index contributed by atoms with van der Waals surface area (Å²) < 4.78 is 32.4. The van der Waals surface area contributed by atoms with Crippen LogP contribution in [-0.4, -0.2) is 6.04 Å². The summed E-state index contributed by atoms with van der Waals surface area (Å²) in [6.07, 6.45) is 0.696. The highest BCUT2D eigenvalue weighted by Gasteiger charge is 2.11. The van der Waals surface area contributed by atoms with Gasteiger partial charge < -0.3 is 10.5 Å². The zero-order valence-corrected chi connectivity index (χ0v) is 12.3. The summed E-state index contributed by atoms with van der Waals surface area (Å²) in [5.41, 5.74) is 6.59. The molecule has 0 aliphatic heterocycles. The fraction of sp³-hybridized carbons (Fsp3) is 0.250. The Labute approximate surface area is 127 Å². The van der Waals surface area contributed by atoms with Crippen LogP contribution >= 0.6 is 11.6 Å². The van der Waals surface area contributed by atoms with Crippen LogP contribution in [0.5, 0.6) is 5.75 Å². The maximum absolute atomic E-state index is 13.5. The second-order valence-corrected chi connectivity index (χ2v) is 5.34. The summed E-state index contributed by atoms with van der Waals surface area (Å²) in [6.45, 7) is 1.68. The highest BCUT2D eigenvalue weighted by atomic mass is 35.5. The van der Waals surface area contributed by atoms with Gasteiger partial charge in [0.05, 0.1) is 10.6 Å². The Morgan fingerprint density at radius 3 is 2.43 bits per heavy atom. The number of hydrogen-bond donors (Lipinski definition) is 1. The van der Waals surface area contributed by atoms with E-state index in [0.717, 1.165) is 5.56 Å². The van der Waals surface area contributed by atoms with Crippen molar-refractivity contribution in [3.63, 3.8) is 0 Å². The van der Waals surface area contributed by atoms with Crippen LogP contribution in [0.3, 0.4) is 0 Å². The lowest BCUT2D eigenvalue weighted by Gasteiger charge is -2.11. The average Bonchev–Trinajstić information content (AvgIpc) is 2.39. The maximum atomic E-state index is 13.5. The molecule has 112 valence electrons. The largest absolute Gasteiger partial charge is 0.487 e. The van der Waals surface area contributed by atoms with Crippen LogP contribution in [0.2, 0.25) is 5.02 Å². The van der Waals surface area contributed by atoms with Crippen molar-refractivity contribution in [2.24, 2.45) is 5.73 Å². The molecule has 21 heavy (non-hydrogen) atoms. The monoisotopic (exact) mass is 311 g/mol. The molecule has 5 heteroatoms. The van der Waals surface area contributed by atoms with E-state index in [1.54, 1.807) is 12.1 Å². The highest BCUT2D eigenvalue weighted by molar-refractivity contribution is 6.32. The Balaban J connectivity index is 2.10. The standard InChI is InChI=1S/C16H16ClF2NO/c1-10(20)7-11-5-6-16(13(17)8-11)21-9-12-14(18)3-2-4-15(12)19/h2-6,8,10H,7,9,20H2,1H3. The minimum Gasteiger partial charge on any atom is -0.487 e. The molecule has 0 aliphatic rings. The molecule has 1 atom stereocenters. The summed E-state index contributed by atoms with van der Waals surface area (Å²) >= 11 is 6.11. The summed E-state index contributed by atoms with van der Waals surface area (Å²) in [7, 11) is 0. The average molecular weight is 312 g/mol. The van der Waals surface area contributed by atoms with Gasteiger partial charge in [-0.25, -0.2) is 8.78 Å². The molecule has 2 rings (SSSR count). The van der Waals surface area contributed by atoms with Crippen molar-refractivity contribution in [1.29, 1.82) is 0 Å². The Bertz CT molecular complexity index is 611. The second kappa shape index (κ2) is 6.87. The molecule has 0 spiro atoms. The van der Waals surface area contributed by atoms with E-state index in [0.29, 0.717) is 17.2 Å². The first-order valence-electron chi connectivity index (χ1n) is 6.57. The lowest BCUT2D eigenvalue weighted by molar-refractivity contribution is 0.292. The second-order valence-electron chi connectivity index (χ2n) is 4.94. The van der Waals surface area contributed by atoms with Gasteiger partial charge in [-0.3, -0.25) is 0 Å². The number of benzene rings is 2. The summed E-state index contributed by atoms with van der Waals surface area (Å²) in [5.74, 6) is -0.896. The van der Waals surface area contributed by atoms with E-state index in [2.05, 4.69) is 0 Å². The summed E-state index contributed by atoms with van der Waals surface area (Å²) in [4.78, 5) is 0. The fourth-order valence-corrected chi connectivity index (χ4v) is 2.24. The molecule has 2 aromatic rings. The van der Waals surface area contributed by atoms with Crippen molar-refractivity contribution >= 4 is 11.6 Å². The quantitative estimate of drug-likeness (QED) is 0.902. The molecule has 1 unspecified atom stereocenters. The van der Waals surface area contributed by atoms with Gasteiger partial charge in [-0.2, -0.15) is 0 Å². The van der Waals surface area contributed by atoms with Crippen LogP contribution in [0.25, 0.3) is 0 Å². The van der Waals surface area contributed by atoms with Crippen molar-refractivity contribution in [3.8, 4) is 5.75 Å². The fourth-order valence-electron chi connectivity index (χ4n) is 1.98. The van der Waals surface area contributed by atoms with Gasteiger partial charge in [-0.1, -0.05) is 23.7 Å². The third-order valence-corrected chi connectivity index (χ3v) is 3.28. The third kappa shape index (κ3) is 4.16. The minimum atomic E-state index is -0.639. The number of nitrogens with two attached hydrogens (primary N) is 1. The molecule has 0 fully saturated rings. The Hall–Kier alpha value is -1.65. The topological polar surface area (TPSA) is 35.2 Å². The maximum Gasteiger partial charge on any atom is 0.138 e. The molecule has 2 nitrogen and oxygen atoms in total. The van der Waals surface area contributed by atoms with Crippen LogP contribution in [-0.2, 0) is 13.0 Å². The first-order chi connectivity index (χ1) is 9.97. The number of rotatable bonds is 5. The van der Waals surface area contributed by atoms with E-state index in [4.69, 9.17) is 22.1 Å². The van der Waals surface area contributed by atoms with Gasteiger partial charge in [0.2, 0.25) is 0 Å². The van der Waals surface area contributed by atoms with Gasteiger partial charge in [0, 0.05) is 6.04 Å². The zero-order valence-electron chi connectivity index (χ0n) is 11.6. The van der Waals surface area contributed by atoms with Crippen molar-refractivity contribution in [1.82, 2.24) is 0 Å². The number of hydrogen-bond acceptors (Lipinski definition) is 2. The lowest BCUT2D eigenvalue weighted by atomic mass is 10.1. The van der Waals surface area contributed by atoms with Gasteiger partial charge in [0.1, 0.15) is 24.0 Å². The van der Waals surface area contributed by atoms with E-state index in [9.17, 15) is 8.78 Å². The van der Waals surface area contributed by atoms with E-state index >= 15 is 0 Å². The summed E-state index contributed by atoms with van der Waals surface area (Å²) in [6, 6.07) is 8.98. The molecular weight excluding hydrogens is 296 g/mol. The Morgan fingerprint density at radius 2 is 1.86 bits per heavy atom. The van der Waals surface area contributed by atoms with Crippen LogP contribution in [0, 0.1) is 11.6 Å². The summed E-state index contributed by atoms with van der Waals surface area (Å²) in [5, 5.41) is 0.393. The van der Waals surface area contributed by atoms with Gasteiger partial charge in [-0.15, -0.1) is 0 Å². The molecule has 0 saturated carbocycles. The van der Waals surface area contributed by atoms with E-state index in [1.165, 1.54) is 18.2 Å². The van der Waals surface area contributed by atoms with Crippen molar-refractivity contribution in [2.45, 2.75) is 26.0 Å². The molecule has 0 heterocycles. The first kappa shape index (κ1) is 15.7. The predicted octanol–water partition coefficient (Wildman–Crippen LogP) is 4.09. The van der Waals surface area contributed by atoms with Crippen molar-refractivity contribution in [2.75, 3.05) is 0 Å². The van der Waals surface area contributed by atoms with Gasteiger partial charge in [0.25, 0.3) is 0 Å². The first-order valence-corrected chi connectivity index (χ1v) is 6.95. The smallest absolute Gasteiger partial charge is 0.138 e. The molecule has 2 N–H and O–H groups in total. The van der Waals surface area contributed by atoms with Crippen LogP contribution < -0.4 is 10.5 Å². The molecule has 0 aliphatic carbocycles. The van der Waals surface area contributed by atoms with Gasteiger partial charge in [-0.05, 0) is 43.2 Å². The van der Waals surface area contributed by atoms with Gasteiger partial charge in [0.15, 0.2) is 0 Å². The SMILES string of the molecule is CC(N)Cc1ccc(OCc2c(F)cccc2F)c(Cl)c1. The molecule has 0 radical (unpaired) electrons. The highest BCUT2D eigenvalue weighted by Crippen LogP contribution is 2.27. The Kier molecular flexibility index (Phi) is 5.15. The minimum absolute atomic E-state index is 0.0281. The number of ether oxygens (including phenoxy) is 1. The molecule has 2 aromatic carbocycles. The number of halogens is 3. The van der Waals surface area contributed by atoms with Crippen molar-refractivity contribution in [3.05, 3.63) is 64.2 Å². The normalized spacial score (nSPS) is 12.2. The van der Waals surface area contributed by atoms with E-state index in [1.807, 2.05) is 13.0 Å². The molecule has 0 amide bonds. The van der Waals surface area contributed by atoms with Crippen molar-refractivity contribution < 1.29 is 13.5 Å². The third-order valence-electron chi connectivity index (χ3n) is 2.99. The van der Waals surface area contributed by atoms with Crippen LogP contribution in [0.1, 0.15) is 18.1 Å². The molecule has 0 bridgehead atoms. The molecule has 0 saturated heterocycles. The predicted molar refractivity (Wildman–Crippen MR) is 79.5 cm³/mol. The van der Waals surface area contributed by atoms with Gasteiger partial charge >= 0.3 is 0 Å². The lowest BCUT2D eigenvalue weighted by Crippen LogP contribution is -2.17. The van der Waals surface area contributed by atoms with E-state index < -0.39 is 11.6 Å².